The Kier molecular flexibility index (Phi) is 10.8. The predicted octanol–water partition coefficient (Wildman–Crippen LogP) is 11.8. The molecule has 49 heavy (non-hydrogen) atoms. The molecule has 0 amide bonds. The van der Waals surface area contributed by atoms with Crippen molar-refractivity contribution in [2.75, 3.05) is 0 Å². The van der Waals surface area contributed by atoms with Gasteiger partial charge in [0.25, 0.3) is 0 Å². The molecule has 5 heteroatoms. The van der Waals surface area contributed by atoms with E-state index in [2.05, 4.69) is 100 Å². The minimum absolute atomic E-state index is 0. The fourth-order valence-corrected chi connectivity index (χ4v) is 9.85. The molecule has 0 aliphatic heterocycles. The summed E-state index contributed by atoms with van der Waals surface area (Å²) >= 11 is 0.0525. The van der Waals surface area contributed by atoms with Gasteiger partial charge in [0.15, 0.2) is 0 Å². The van der Waals surface area contributed by atoms with Crippen LogP contribution >= 0.6 is 11.3 Å². The van der Waals surface area contributed by atoms with Gasteiger partial charge in [-0.25, -0.2) is 0 Å². The zero-order valence-corrected chi connectivity index (χ0v) is 33.6. The molecule has 2 nitrogen and oxygen atoms in total. The maximum Gasteiger partial charge on any atom is 0 e. The molecule has 3 aromatic heterocycles. The van der Waals surface area contributed by atoms with Crippen molar-refractivity contribution >= 4 is 49.2 Å². The van der Waals surface area contributed by atoms with E-state index in [0.717, 1.165) is 58.5 Å². The van der Waals surface area contributed by atoms with Crippen LogP contribution in [-0.4, -0.2) is 23.2 Å². The summed E-state index contributed by atoms with van der Waals surface area (Å²) in [6.45, 7) is 0. The van der Waals surface area contributed by atoms with Gasteiger partial charge < -0.3 is 4.98 Å². The average Bonchev–Trinajstić information content (AvgIpc) is 3.54. The van der Waals surface area contributed by atoms with Crippen molar-refractivity contribution < 1.29 is 22.8 Å². The second-order valence-corrected chi connectivity index (χ2v) is 25.3. The third-order valence-electron chi connectivity index (χ3n) is 9.15. The summed E-state index contributed by atoms with van der Waals surface area (Å²) in [5.41, 5.74) is 7.01. The van der Waals surface area contributed by atoms with Crippen molar-refractivity contribution in [3.63, 3.8) is 0 Å². The van der Waals surface area contributed by atoms with Gasteiger partial charge in [-0.3, -0.25) is 0 Å². The van der Waals surface area contributed by atoms with E-state index in [1.807, 2.05) is 54.7 Å². The summed E-state index contributed by atoms with van der Waals surface area (Å²) in [6, 6.07) is 44.0. The molecule has 0 unspecified atom stereocenters. The van der Waals surface area contributed by atoms with Crippen molar-refractivity contribution in [2.45, 2.75) is 55.7 Å². The van der Waals surface area contributed by atoms with Crippen LogP contribution in [0.3, 0.4) is 0 Å². The van der Waals surface area contributed by atoms with Gasteiger partial charge >= 0.3 is 99.8 Å². The molecule has 1 aliphatic carbocycles. The number of aromatic nitrogens is 2. The summed E-state index contributed by atoms with van der Waals surface area (Å²) < 4.78 is 21.7. The third-order valence-corrected chi connectivity index (χ3v) is 14.6. The van der Waals surface area contributed by atoms with Crippen molar-refractivity contribution in [1.82, 2.24) is 9.97 Å². The van der Waals surface area contributed by atoms with Crippen LogP contribution in [0.1, 0.15) is 40.4 Å². The second-order valence-electron chi connectivity index (χ2n) is 13.6. The van der Waals surface area contributed by atoms with Crippen LogP contribution in [-0.2, 0) is 26.5 Å². The monoisotopic (exact) mass is 899 g/mol. The number of thiophene rings is 1. The fraction of sp³-hybridized carbons (Fsp3) is 0.227. The molecule has 8 rings (SSSR count). The predicted molar refractivity (Wildman–Crippen MR) is 209 cm³/mol. The molecular weight excluding hydrogens is 853 g/mol. The molecule has 0 spiro atoms. The molecule has 1 aliphatic rings. The second kappa shape index (κ2) is 16.1. The Bertz CT molecular complexity index is 2210. The quantitative estimate of drug-likeness (QED) is 0.123. The Morgan fingerprint density at radius 2 is 1.57 bits per heavy atom. The average molecular weight is 898 g/mol. The summed E-state index contributed by atoms with van der Waals surface area (Å²) in [6.07, 6.45) is 7.87. The van der Waals surface area contributed by atoms with Gasteiger partial charge in [0.05, 0.1) is 0 Å². The molecule has 1 fully saturated rings. The third kappa shape index (κ3) is 8.49. The van der Waals surface area contributed by atoms with Crippen LogP contribution in [0.2, 0.25) is 17.3 Å². The normalized spacial score (nSPS) is 14.3. The van der Waals surface area contributed by atoms with E-state index >= 15 is 0 Å². The zero-order chi connectivity index (χ0) is 34.7. The van der Waals surface area contributed by atoms with Crippen molar-refractivity contribution in [3.05, 3.63) is 139 Å². The largest absolute Gasteiger partial charge is 0 e. The van der Waals surface area contributed by atoms with Gasteiger partial charge in [-0.05, 0) is 51.3 Å². The molecule has 1 radical (unpaired) electrons. The Morgan fingerprint density at radius 1 is 0.755 bits per heavy atom. The van der Waals surface area contributed by atoms with Gasteiger partial charge in [0, 0.05) is 33.7 Å². The van der Waals surface area contributed by atoms with Gasteiger partial charge in [-0.15, -0.1) is 23.8 Å². The Morgan fingerprint density at radius 3 is 2.31 bits per heavy atom. The Balaban J connectivity index is 0.000000222. The molecule has 0 atom stereocenters. The first-order chi connectivity index (χ1) is 24.2. The van der Waals surface area contributed by atoms with Gasteiger partial charge in [0.2, 0.25) is 0 Å². The van der Waals surface area contributed by atoms with E-state index in [4.69, 9.17) is 2.74 Å². The smallest absolute Gasteiger partial charge is 0 e. The Labute approximate surface area is 314 Å². The number of rotatable bonds is 6. The van der Waals surface area contributed by atoms with E-state index in [1.165, 1.54) is 37.4 Å². The van der Waals surface area contributed by atoms with Gasteiger partial charge in [-0.2, -0.15) is 11.3 Å². The molecule has 249 valence electrons. The van der Waals surface area contributed by atoms with E-state index < -0.39 is 19.6 Å². The van der Waals surface area contributed by atoms with E-state index in [-0.39, 0.29) is 26.0 Å². The molecular formula is C44H42GeIrN2S-2. The first kappa shape index (κ1) is 32.8. The maximum atomic E-state index is 8.91. The Hall–Kier alpha value is -3.41. The van der Waals surface area contributed by atoms with Crippen LogP contribution in [0.15, 0.2) is 122 Å². The number of pyridine rings is 2. The summed E-state index contributed by atoms with van der Waals surface area (Å²) in [5, 5.41) is 2.44. The number of fused-ring (bicyclic) bond motifs is 3. The van der Waals surface area contributed by atoms with Crippen LogP contribution < -0.4 is 4.40 Å². The number of hydrogen-bond donors (Lipinski definition) is 0. The summed E-state index contributed by atoms with van der Waals surface area (Å²) in [5.74, 6) is 7.22. The minimum atomic E-state index is -1.72. The number of hydrogen-bond acceptors (Lipinski definition) is 3. The molecule has 0 bridgehead atoms. The molecule has 1 saturated carbocycles. The molecule has 3 heterocycles. The standard InChI is InChI=1S/C30H26NS.C14H16GeN.Ir/c1-3-8-21(9-4-1)18-22-16-17-31-28(19-22)27-13-7-12-26-25-15-14-24(20-29(25)32-30(26)27)23-10-5-2-6-11-23;1-15(2,3)13-9-10-14(16-11-13)12-7-5-4-6-8-12;/h2,5-7,10-12,14-17,19-21H,1,3-4,8-9,18H2;4-7,9-11H,1-3H3;/q2*-1;/i18D2;;. The van der Waals surface area contributed by atoms with Gasteiger partial charge in [0.1, 0.15) is 0 Å². The van der Waals surface area contributed by atoms with E-state index in [0.29, 0.717) is 0 Å². The summed E-state index contributed by atoms with van der Waals surface area (Å²) in [7, 11) is 0. The minimum Gasteiger partial charge on any atom is 0 e. The first-order valence-corrected chi connectivity index (χ1v) is 25.2. The van der Waals surface area contributed by atoms with Crippen LogP contribution in [0.5, 0.6) is 0 Å². The molecule has 4 aromatic carbocycles. The molecule has 0 saturated heterocycles. The van der Waals surface area contributed by atoms with Gasteiger partial charge in [-0.1, -0.05) is 91.6 Å². The van der Waals surface area contributed by atoms with Crippen molar-refractivity contribution in [3.8, 4) is 33.6 Å². The molecule has 0 N–H and O–H groups in total. The van der Waals surface area contributed by atoms with Crippen molar-refractivity contribution in [2.24, 2.45) is 5.92 Å². The number of nitrogens with zero attached hydrogens (tertiary/aromatic N) is 2. The van der Waals surface area contributed by atoms with Crippen LogP contribution in [0.25, 0.3) is 53.8 Å². The number of benzene rings is 4. The van der Waals surface area contributed by atoms with E-state index in [1.54, 1.807) is 17.5 Å². The van der Waals surface area contributed by atoms with Crippen LogP contribution in [0, 0.1) is 18.1 Å². The molecule has 7 aromatic rings. The summed E-state index contributed by atoms with van der Waals surface area (Å²) in [4.78, 5) is 9.19. The zero-order valence-electron chi connectivity index (χ0n) is 30.3. The van der Waals surface area contributed by atoms with E-state index in [9.17, 15) is 0 Å². The maximum absolute atomic E-state index is 8.91. The first-order valence-electron chi connectivity index (χ1n) is 18.0. The topological polar surface area (TPSA) is 25.8 Å². The SMILES string of the molecule is [2H]C([2H])(c1ccnc(-c2[c-]ccc3c2sc2cc(-c4ccccc4)ccc23)c1)C1CCCCC1.[CH3][Ge]([CH3])([CH3])[c]1ccc(-c2[c-]cccc2)nc1.[Ir]. The fourth-order valence-electron chi connectivity index (χ4n) is 6.43. The van der Waals surface area contributed by atoms with Crippen LogP contribution in [0.4, 0.5) is 0 Å². The van der Waals surface area contributed by atoms with Crippen molar-refractivity contribution in [1.29, 1.82) is 0 Å².